The molecule has 1 heterocycles. The van der Waals surface area contributed by atoms with Crippen molar-refractivity contribution in [3.63, 3.8) is 0 Å². The maximum Gasteiger partial charge on any atom is 0.234 e. The van der Waals surface area contributed by atoms with E-state index in [-0.39, 0.29) is 18.1 Å². The van der Waals surface area contributed by atoms with Crippen LogP contribution in [0.25, 0.3) is 0 Å². The molecule has 4 nitrogen and oxygen atoms in total. The minimum atomic E-state index is -0.213. The number of likely N-dealkylation sites (tertiary alicyclic amines) is 1. The normalized spacial score (nSPS) is 35.6. The van der Waals surface area contributed by atoms with Gasteiger partial charge in [-0.05, 0) is 38.6 Å². The van der Waals surface area contributed by atoms with E-state index in [0.717, 1.165) is 45.1 Å². The van der Waals surface area contributed by atoms with Crippen LogP contribution in [-0.4, -0.2) is 40.6 Å². The zero-order valence-electron chi connectivity index (χ0n) is 11.3. The molecule has 0 bridgehead atoms. The van der Waals surface area contributed by atoms with Crippen LogP contribution in [0, 0.1) is 5.92 Å². The molecule has 4 unspecified atom stereocenters. The maximum absolute atomic E-state index is 11.5. The van der Waals surface area contributed by atoms with Crippen LogP contribution in [0.2, 0.25) is 0 Å². The van der Waals surface area contributed by atoms with Crippen molar-refractivity contribution in [2.45, 2.75) is 70.1 Å². The van der Waals surface area contributed by atoms with Gasteiger partial charge in [0.2, 0.25) is 5.91 Å². The van der Waals surface area contributed by atoms with Crippen LogP contribution >= 0.6 is 0 Å². The van der Waals surface area contributed by atoms with Crippen LogP contribution in [0.3, 0.4) is 0 Å². The lowest BCUT2D eigenvalue weighted by Gasteiger charge is -2.39. The third-order valence-electron chi connectivity index (χ3n) is 4.73. The minimum absolute atomic E-state index is 0.147. The molecule has 0 spiro atoms. The summed E-state index contributed by atoms with van der Waals surface area (Å²) in [6, 6.07) is 0.212. The smallest absolute Gasteiger partial charge is 0.234 e. The second-order valence-corrected chi connectivity index (χ2v) is 5.79. The lowest BCUT2D eigenvalue weighted by molar-refractivity contribution is -0.124. The monoisotopic (exact) mass is 254 g/mol. The molecule has 1 amide bonds. The molecule has 0 aromatic heterocycles. The molecule has 104 valence electrons. The second kappa shape index (κ2) is 6.02. The fraction of sp³-hybridized carbons (Fsp3) is 0.929. The van der Waals surface area contributed by atoms with Crippen molar-refractivity contribution in [3.05, 3.63) is 0 Å². The molecule has 0 aromatic rings. The molecule has 1 aliphatic heterocycles. The van der Waals surface area contributed by atoms with Crippen LogP contribution in [0.4, 0.5) is 0 Å². The molecule has 18 heavy (non-hydrogen) atoms. The van der Waals surface area contributed by atoms with Gasteiger partial charge in [0.1, 0.15) is 0 Å². The first-order valence-electron chi connectivity index (χ1n) is 7.38. The average molecular weight is 254 g/mol. The SMILES string of the molecule is CCC(C(N)=O)N1CCCC1C1CCCCC1O. The van der Waals surface area contributed by atoms with Gasteiger partial charge in [-0.25, -0.2) is 0 Å². The predicted molar refractivity (Wildman–Crippen MR) is 71.0 cm³/mol. The molecule has 3 N–H and O–H groups in total. The summed E-state index contributed by atoms with van der Waals surface area (Å²) in [5.41, 5.74) is 5.51. The van der Waals surface area contributed by atoms with E-state index in [1.165, 1.54) is 6.42 Å². The highest BCUT2D eigenvalue weighted by atomic mass is 16.3. The van der Waals surface area contributed by atoms with Crippen molar-refractivity contribution in [2.24, 2.45) is 11.7 Å². The van der Waals surface area contributed by atoms with Gasteiger partial charge in [0.25, 0.3) is 0 Å². The van der Waals surface area contributed by atoms with E-state index < -0.39 is 0 Å². The number of aliphatic hydroxyl groups is 1. The van der Waals surface area contributed by atoms with Crippen molar-refractivity contribution < 1.29 is 9.90 Å². The number of nitrogens with two attached hydrogens (primary N) is 1. The molecule has 4 atom stereocenters. The Hall–Kier alpha value is -0.610. The third kappa shape index (κ3) is 2.69. The molecule has 0 radical (unpaired) electrons. The molecule has 1 aliphatic carbocycles. The lowest BCUT2D eigenvalue weighted by atomic mass is 9.80. The van der Waals surface area contributed by atoms with Crippen LogP contribution < -0.4 is 5.73 Å². The predicted octanol–water partition coefficient (Wildman–Crippen LogP) is 1.27. The quantitative estimate of drug-likeness (QED) is 0.794. The van der Waals surface area contributed by atoms with Gasteiger partial charge in [0.15, 0.2) is 0 Å². The summed E-state index contributed by atoms with van der Waals surface area (Å²) in [4.78, 5) is 13.8. The Morgan fingerprint density at radius 3 is 2.67 bits per heavy atom. The number of primary amides is 1. The fourth-order valence-corrected chi connectivity index (χ4v) is 3.85. The summed E-state index contributed by atoms with van der Waals surface area (Å²) < 4.78 is 0. The number of hydrogen-bond acceptors (Lipinski definition) is 3. The maximum atomic E-state index is 11.5. The topological polar surface area (TPSA) is 66.6 Å². The van der Waals surface area contributed by atoms with Crippen molar-refractivity contribution in [2.75, 3.05) is 6.54 Å². The minimum Gasteiger partial charge on any atom is -0.393 e. The van der Waals surface area contributed by atoms with Crippen molar-refractivity contribution in [1.82, 2.24) is 4.90 Å². The Balaban J connectivity index is 2.08. The van der Waals surface area contributed by atoms with Gasteiger partial charge in [0.05, 0.1) is 12.1 Å². The summed E-state index contributed by atoms with van der Waals surface area (Å²) in [6.45, 7) is 2.97. The zero-order valence-corrected chi connectivity index (χ0v) is 11.3. The van der Waals surface area contributed by atoms with E-state index in [1.807, 2.05) is 6.92 Å². The van der Waals surface area contributed by atoms with Gasteiger partial charge < -0.3 is 10.8 Å². The van der Waals surface area contributed by atoms with E-state index in [9.17, 15) is 9.90 Å². The van der Waals surface area contributed by atoms with E-state index in [4.69, 9.17) is 5.73 Å². The third-order valence-corrected chi connectivity index (χ3v) is 4.73. The Morgan fingerprint density at radius 2 is 2.06 bits per heavy atom. The summed E-state index contributed by atoms with van der Waals surface area (Å²) in [6.07, 6.45) is 7.17. The Morgan fingerprint density at radius 1 is 1.33 bits per heavy atom. The molecule has 2 fully saturated rings. The standard InChI is InChI=1S/C14H26N2O2/c1-2-11(14(15)18)16-9-5-7-12(16)10-6-3-4-8-13(10)17/h10-13,17H,2-9H2,1H3,(H2,15,18). The van der Waals surface area contributed by atoms with Gasteiger partial charge in [-0.1, -0.05) is 19.8 Å². The van der Waals surface area contributed by atoms with Gasteiger partial charge in [0, 0.05) is 12.0 Å². The summed E-state index contributed by atoms with van der Waals surface area (Å²) >= 11 is 0. The Bertz CT molecular complexity index is 296. The summed E-state index contributed by atoms with van der Waals surface area (Å²) in [5.74, 6) is 0.129. The molecular formula is C14H26N2O2. The Labute approximate surface area is 110 Å². The van der Waals surface area contributed by atoms with Gasteiger partial charge in [-0.2, -0.15) is 0 Å². The highest BCUT2D eigenvalue weighted by molar-refractivity contribution is 5.79. The van der Waals surface area contributed by atoms with E-state index in [2.05, 4.69) is 4.90 Å². The molecule has 2 rings (SSSR count). The summed E-state index contributed by atoms with van der Waals surface area (Å²) in [5, 5.41) is 10.2. The van der Waals surface area contributed by atoms with Crippen LogP contribution in [0.5, 0.6) is 0 Å². The second-order valence-electron chi connectivity index (χ2n) is 5.79. The van der Waals surface area contributed by atoms with Crippen molar-refractivity contribution >= 4 is 5.91 Å². The van der Waals surface area contributed by atoms with E-state index in [1.54, 1.807) is 0 Å². The summed E-state index contributed by atoms with van der Waals surface area (Å²) in [7, 11) is 0. The van der Waals surface area contributed by atoms with Crippen molar-refractivity contribution in [3.8, 4) is 0 Å². The number of nitrogens with zero attached hydrogens (tertiary/aromatic N) is 1. The number of amides is 1. The highest BCUT2D eigenvalue weighted by Gasteiger charge is 2.40. The molecule has 0 aromatic carbocycles. The van der Waals surface area contributed by atoms with Gasteiger partial charge in [-0.15, -0.1) is 0 Å². The number of rotatable bonds is 4. The van der Waals surface area contributed by atoms with E-state index >= 15 is 0 Å². The average Bonchev–Trinajstić information content (AvgIpc) is 2.79. The zero-order chi connectivity index (χ0) is 13.1. The molecule has 1 saturated heterocycles. The van der Waals surface area contributed by atoms with Crippen LogP contribution in [0.15, 0.2) is 0 Å². The molecule has 4 heteroatoms. The number of carbonyl (C=O) groups is 1. The van der Waals surface area contributed by atoms with E-state index in [0.29, 0.717) is 12.0 Å². The number of carbonyl (C=O) groups excluding carboxylic acids is 1. The van der Waals surface area contributed by atoms with Gasteiger partial charge >= 0.3 is 0 Å². The Kier molecular flexibility index (Phi) is 4.62. The van der Waals surface area contributed by atoms with Gasteiger partial charge in [-0.3, -0.25) is 9.69 Å². The number of aliphatic hydroxyl groups excluding tert-OH is 1. The number of hydrogen-bond donors (Lipinski definition) is 2. The molecule has 1 saturated carbocycles. The first-order chi connectivity index (χ1) is 8.65. The lowest BCUT2D eigenvalue weighted by Crippen LogP contribution is -2.51. The molecular weight excluding hydrogens is 228 g/mol. The first-order valence-corrected chi connectivity index (χ1v) is 7.38. The molecule has 2 aliphatic rings. The van der Waals surface area contributed by atoms with Crippen LogP contribution in [-0.2, 0) is 4.79 Å². The highest BCUT2D eigenvalue weighted by Crippen LogP contribution is 2.35. The van der Waals surface area contributed by atoms with Crippen molar-refractivity contribution in [1.29, 1.82) is 0 Å². The fourth-order valence-electron chi connectivity index (χ4n) is 3.85. The largest absolute Gasteiger partial charge is 0.393 e. The van der Waals surface area contributed by atoms with Crippen LogP contribution in [0.1, 0.15) is 51.9 Å². The first kappa shape index (κ1) is 13.8.